The topological polar surface area (TPSA) is 87.1 Å². The van der Waals surface area contributed by atoms with E-state index >= 15 is 0 Å². The number of likely N-dealkylation sites (tertiary alicyclic amines) is 1. The van der Waals surface area contributed by atoms with Crippen LogP contribution in [0.3, 0.4) is 0 Å². The fourth-order valence-corrected chi connectivity index (χ4v) is 2.85. The Bertz CT molecular complexity index is 390. The molecule has 1 aliphatic rings. The van der Waals surface area contributed by atoms with E-state index in [1.807, 2.05) is 0 Å². The van der Waals surface area contributed by atoms with E-state index in [9.17, 15) is 14.7 Å². The van der Waals surface area contributed by atoms with Gasteiger partial charge in [0, 0.05) is 19.7 Å². The van der Waals surface area contributed by atoms with Crippen LogP contribution in [0.4, 0.5) is 4.79 Å². The van der Waals surface area contributed by atoms with E-state index in [0.29, 0.717) is 32.2 Å². The van der Waals surface area contributed by atoms with E-state index in [4.69, 9.17) is 9.84 Å². The van der Waals surface area contributed by atoms with Gasteiger partial charge in [-0.3, -0.25) is 4.79 Å². The van der Waals surface area contributed by atoms with Gasteiger partial charge in [0.25, 0.3) is 0 Å². The number of amides is 1. The average Bonchev–Trinajstić information content (AvgIpc) is 2.42. The lowest BCUT2D eigenvalue weighted by molar-refractivity contribution is -0.153. The highest BCUT2D eigenvalue weighted by Gasteiger charge is 2.43. The van der Waals surface area contributed by atoms with Crippen molar-refractivity contribution >= 4 is 12.1 Å². The first-order valence-corrected chi connectivity index (χ1v) is 8.02. The number of carbonyl (C=O) groups is 2. The molecule has 0 saturated carbocycles. The Morgan fingerprint density at radius 1 is 1.23 bits per heavy atom. The van der Waals surface area contributed by atoms with E-state index in [-0.39, 0.29) is 13.2 Å². The highest BCUT2D eigenvalue weighted by atomic mass is 16.6. The van der Waals surface area contributed by atoms with Crippen molar-refractivity contribution < 1.29 is 24.5 Å². The lowest BCUT2D eigenvalue weighted by Gasteiger charge is -2.40. The Balaban J connectivity index is 2.70. The average molecular weight is 315 g/mol. The Kier molecular flexibility index (Phi) is 6.66. The molecule has 0 spiro atoms. The Morgan fingerprint density at radius 2 is 1.91 bits per heavy atom. The molecule has 1 heterocycles. The van der Waals surface area contributed by atoms with Gasteiger partial charge in [-0.25, -0.2) is 4.79 Å². The normalized spacial score (nSPS) is 22.5. The molecule has 1 aliphatic heterocycles. The summed E-state index contributed by atoms with van der Waals surface area (Å²) in [6.45, 7) is 6.28. The van der Waals surface area contributed by atoms with Gasteiger partial charge in [-0.2, -0.15) is 0 Å². The van der Waals surface area contributed by atoms with Crippen LogP contribution in [0.5, 0.6) is 0 Å². The number of aliphatic carboxylic acids is 1. The summed E-state index contributed by atoms with van der Waals surface area (Å²) in [6.07, 6.45) is 3.58. The summed E-state index contributed by atoms with van der Waals surface area (Å²) >= 11 is 0. The fourth-order valence-electron chi connectivity index (χ4n) is 2.85. The molecule has 6 nitrogen and oxygen atoms in total. The largest absolute Gasteiger partial charge is 0.481 e. The number of aliphatic hydroxyl groups is 1. The number of ether oxygens (including phenoxy) is 1. The molecular formula is C16H29NO5. The Morgan fingerprint density at radius 3 is 2.45 bits per heavy atom. The van der Waals surface area contributed by atoms with Crippen molar-refractivity contribution in [3.63, 3.8) is 0 Å². The van der Waals surface area contributed by atoms with E-state index in [0.717, 1.165) is 12.8 Å². The molecule has 1 atom stereocenters. The van der Waals surface area contributed by atoms with Crippen LogP contribution in [0.25, 0.3) is 0 Å². The van der Waals surface area contributed by atoms with Gasteiger partial charge < -0.3 is 19.8 Å². The second kappa shape index (κ2) is 7.81. The monoisotopic (exact) mass is 315 g/mol. The SMILES string of the molecule is CC(C)(C)OC(=O)N1CCCC(CCCCCO)(C(=O)O)C1. The van der Waals surface area contributed by atoms with Gasteiger partial charge >= 0.3 is 12.1 Å². The van der Waals surface area contributed by atoms with Gasteiger partial charge in [-0.15, -0.1) is 0 Å². The molecule has 22 heavy (non-hydrogen) atoms. The minimum atomic E-state index is -0.884. The summed E-state index contributed by atoms with van der Waals surface area (Å²) in [5, 5.41) is 18.5. The van der Waals surface area contributed by atoms with E-state index in [1.54, 1.807) is 20.8 Å². The molecule has 128 valence electrons. The summed E-state index contributed by atoms with van der Waals surface area (Å²) in [6, 6.07) is 0. The number of hydrogen-bond acceptors (Lipinski definition) is 4. The van der Waals surface area contributed by atoms with E-state index in [1.165, 1.54) is 4.90 Å². The molecule has 1 fully saturated rings. The predicted molar refractivity (Wildman–Crippen MR) is 82.7 cm³/mol. The number of piperidine rings is 1. The van der Waals surface area contributed by atoms with Crippen LogP contribution in [-0.4, -0.2) is 52.5 Å². The zero-order valence-electron chi connectivity index (χ0n) is 13.9. The van der Waals surface area contributed by atoms with Crippen molar-refractivity contribution in [3.8, 4) is 0 Å². The van der Waals surface area contributed by atoms with Crippen molar-refractivity contribution in [1.29, 1.82) is 0 Å². The predicted octanol–water partition coefficient (Wildman–Crippen LogP) is 2.64. The molecule has 0 aromatic heterocycles. The smallest absolute Gasteiger partial charge is 0.410 e. The highest BCUT2D eigenvalue weighted by Crippen LogP contribution is 2.36. The molecule has 0 aliphatic carbocycles. The van der Waals surface area contributed by atoms with Crippen molar-refractivity contribution in [3.05, 3.63) is 0 Å². The van der Waals surface area contributed by atoms with Crippen molar-refractivity contribution in [2.75, 3.05) is 19.7 Å². The van der Waals surface area contributed by atoms with Crippen molar-refractivity contribution in [2.24, 2.45) is 5.41 Å². The third kappa shape index (κ3) is 5.48. The quantitative estimate of drug-likeness (QED) is 0.736. The minimum Gasteiger partial charge on any atom is -0.481 e. The molecule has 1 saturated heterocycles. The lowest BCUT2D eigenvalue weighted by atomic mass is 9.76. The summed E-state index contributed by atoms with van der Waals surface area (Å²) in [5.41, 5.74) is -1.47. The second-order valence-electron chi connectivity index (χ2n) is 7.13. The Hall–Kier alpha value is -1.30. The summed E-state index contributed by atoms with van der Waals surface area (Å²) < 4.78 is 5.35. The molecule has 1 rings (SSSR count). The maximum atomic E-state index is 12.2. The van der Waals surface area contributed by atoms with E-state index in [2.05, 4.69) is 0 Å². The molecule has 0 aromatic carbocycles. The number of carboxylic acid groups (broad SMARTS) is 1. The van der Waals surface area contributed by atoms with Crippen LogP contribution >= 0.6 is 0 Å². The second-order valence-corrected chi connectivity index (χ2v) is 7.13. The highest BCUT2D eigenvalue weighted by molar-refractivity contribution is 5.77. The van der Waals surface area contributed by atoms with Gasteiger partial charge in [-0.05, 0) is 46.5 Å². The number of carbonyl (C=O) groups excluding carboxylic acids is 1. The fraction of sp³-hybridized carbons (Fsp3) is 0.875. The molecule has 0 aromatic rings. The maximum absolute atomic E-state index is 12.2. The number of hydrogen-bond donors (Lipinski definition) is 2. The minimum absolute atomic E-state index is 0.129. The zero-order chi connectivity index (χ0) is 16.8. The standard InChI is InChI=1S/C16H29NO5/c1-15(2,3)22-14(21)17-10-7-9-16(12-17,13(19)20)8-5-4-6-11-18/h18H,4-12H2,1-3H3,(H,19,20). The van der Waals surface area contributed by atoms with Gasteiger partial charge in [0.1, 0.15) is 5.60 Å². The number of carboxylic acids is 1. The van der Waals surface area contributed by atoms with Crippen LogP contribution in [-0.2, 0) is 9.53 Å². The zero-order valence-corrected chi connectivity index (χ0v) is 13.9. The molecule has 6 heteroatoms. The van der Waals surface area contributed by atoms with Gasteiger partial charge in [0.2, 0.25) is 0 Å². The van der Waals surface area contributed by atoms with Crippen LogP contribution in [0.2, 0.25) is 0 Å². The maximum Gasteiger partial charge on any atom is 0.410 e. The molecule has 1 unspecified atom stereocenters. The first-order valence-electron chi connectivity index (χ1n) is 8.02. The number of aliphatic hydroxyl groups excluding tert-OH is 1. The number of nitrogens with zero attached hydrogens (tertiary/aromatic N) is 1. The van der Waals surface area contributed by atoms with Crippen LogP contribution < -0.4 is 0 Å². The summed E-state index contributed by atoms with van der Waals surface area (Å²) in [5.74, 6) is -0.843. The van der Waals surface area contributed by atoms with E-state index < -0.39 is 23.1 Å². The van der Waals surface area contributed by atoms with Gasteiger partial charge in [-0.1, -0.05) is 12.8 Å². The molecule has 0 bridgehead atoms. The molecular weight excluding hydrogens is 286 g/mol. The van der Waals surface area contributed by atoms with Crippen LogP contribution in [0, 0.1) is 5.41 Å². The van der Waals surface area contributed by atoms with Crippen molar-refractivity contribution in [1.82, 2.24) is 4.90 Å². The molecule has 2 N–H and O–H groups in total. The summed E-state index contributed by atoms with van der Waals surface area (Å²) in [4.78, 5) is 25.5. The van der Waals surface area contributed by atoms with Crippen molar-refractivity contribution in [2.45, 2.75) is 64.9 Å². The van der Waals surface area contributed by atoms with Gasteiger partial charge in [0.05, 0.1) is 5.41 Å². The molecule has 0 radical (unpaired) electrons. The Labute approximate surface area is 132 Å². The first kappa shape index (κ1) is 18.7. The lowest BCUT2D eigenvalue weighted by Crippen LogP contribution is -2.51. The third-order valence-electron chi connectivity index (χ3n) is 4.00. The van der Waals surface area contributed by atoms with Crippen LogP contribution in [0.15, 0.2) is 0 Å². The van der Waals surface area contributed by atoms with Crippen LogP contribution in [0.1, 0.15) is 59.3 Å². The molecule has 1 amide bonds. The number of unbranched alkanes of at least 4 members (excludes halogenated alkanes) is 2. The number of rotatable bonds is 6. The summed E-state index contributed by atoms with van der Waals surface area (Å²) in [7, 11) is 0. The third-order valence-corrected chi connectivity index (χ3v) is 4.00. The van der Waals surface area contributed by atoms with Gasteiger partial charge in [0.15, 0.2) is 0 Å². The first-order chi connectivity index (χ1) is 10.2.